The first-order valence-electron chi connectivity index (χ1n) is 11.4. The summed E-state index contributed by atoms with van der Waals surface area (Å²) in [6.45, 7) is 33.6. The molecule has 3 nitrogen and oxygen atoms in total. The molecule has 0 aliphatic rings. The molecule has 0 rings (SSSR count). The van der Waals surface area contributed by atoms with E-state index in [1.807, 2.05) is 104 Å². The maximum Gasteiger partial charge on any atom is 0.143 e. The van der Waals surface area contributed by atoms with Crippen LogP contribution in [-0.4, -0.2) is 17.3 Å². The summed E-state index contributed by atoms with van der Waals surface area (Å²) in [4.78, 5) is 34.3. The molecule has 0 saturated heterocycles. The summed E-state index contributed by atoms with van der Waals surface area (Å²) in [5.41, 5.74) is -0.728. The maximum atomic E-state index is 11.6. The Bertz CT molecular complexity index is 529. The van der Waals surface area contributed by atoms with Gasteiger partial charge in [-0.05, 0) is 5.92 Å². The van der Waals surface area contributed by atoms with Crippen LogP contribution in [0.15, 0.2) is 0 Å². The van der Waals surface area contributed by atoms with Gasteiger partial charge < -0.3 is 0 Å². The van der Waals surface area contributed by atoms with Crippen LogP contribution in [-0.2, 0) is 14.4 Å². The minimum absolute atomic E-state index is 0. The topological polar surface area (TPSA) is 51.2 Å². The second kappa shape index (κ2) is 13.8. The maximum absolute atomic E-state index is 11.6. The van der Waals surface area contributed by atoms with Gasteiger partial charge in [-0.2, -0.15) is 13.5 Å². The Balaban J connectivity index is -0.000000174. The van der Waals surface area contributed by atoms with Gasteiger partial charge in [0, 0.05) is 33.5 Å². The van der Waals surface area contributed by atoms with E-state index in [9.17, 15) is 14.4 Å². The van der Waals surface area contributed by atoms with Crippen molar-refractivity contribution in [2.45, 2.75) is 118 Å². The van der Waals surface area contributed by atoms with Crippen molar-refractivity contribution in [2.24, 2.45) is 39.4 Å². The quantitative estimate of drug-likeness (QED) is 0.430. The zero-order valence-corrected chi connectivity index (χ0v) is 25.0. The van der Waals surface area contributed by atoms with Crippen molar-refractivity contribution in [3.05, 3.63) is 0 Å². The van der Waals surface area contributed by atoms with Gasteiger partial charge >= 0.3 is 0 Å². The molecule has 0 N–H and O–H groups in total. The number of hydrogen-bond acceptors (Lipinski definition) is 3. The summed E-state index contributed by atoms with van der Waals surface area (Å²) in [6, 6.07) is 0. The molecule has 0 saturated carbocycles. The van der Waals surface area contributed by atoms with Gasteiger partial charge in [0.15, 0.2) is 0 Å². The van der Waals surface area contributed by atoms with Crippen molar-refractivity contribution < 1.29 is 14.4 Å². The summed E-state index contributed by atoms with van der Waals surface area (Å²) in [7, 11) is 0. The molecule has 0 unspecified atom stereocenters. The molecule has 0 aliphatic heterocycles. The van der Waals surface area contributed by atoms with Crippen LogP contribution in [0.25, 0.3) is 0 Å². The van der Waals surface area contributed by atoms with Crippen molar-refractivity contribution in [3.8, 4) is 0 Å². The van der Waals surface area contributed by atoms with Crippen LogP contribution in [0.5, 0.6) is 0 Å². The second-order valence-corrected chi connectivity index (χ2v) is 13.2. The molecule has 0 radical (unpaired) electrons. The predicted molar refractivity (Wildman–Crippen MR) is 142 cm³/mol. The molecule has 0 aromatic carbocycles. The molecule has 0 aromatic rings. The van der Waals surface area contributed by atoms with E-state index in [1.165, 1.54) is 0 Å². The summed E-state index contributed by atoms with van der Waals surface area (Å²) < 4.78 is 0. The average Bonchev–Trinajstić information content (AvgIpc) is 2.49. The molecule has 0 spiro atoms. The summed E-state index contributed by atoms with van der Waals surface area (Å²) in [6.07, 6.45) is 0. The fourth-order valence-electron chi connectivity index (χ4n) is 2.98. The Morgan fingerprint density at radius 2 is 0.742 bits per heavy atom. The van der Waals surface area contributed by atoms with Crippen LogP contribution < -0.4 is 0 Å². The van der Waals surface area contributed by atoms with E-state index >= 15 is 0 Å². The van der Waals surface area contributed by atoms with Gasteiger partial charge in [-0.1, -0.05) is 118 Å². The van der Waals surface area contributed by atoms with Gasteiger partial charge in [0.25, 0.3) is 0 Å². The van der Waals surface area contributed by atoms with E-state index in [4.69, 9.17) is 0 Å². The summed E-state index contributed by atoms with van der Waals surface area (Å²) >= 11 is 0. The van der Waals surface area contributed by atoms with Crippen molar-refractivity contribution in [3.63, 3.8) is 0 Å². The van der Waals surface area contributed by atoms with Gasteiger partial charge in [-0.15, -0.1) is 0 Å². The third-order valence-corrected chi connectivity index (χ3v) is 4.78. The number of Topliss-reactive ketones (excluding diaryl/α,β-unsaturated/α-hetero) is 3. The van der Waals surface area contributed by atoms with Crippen molar-refractivity contribution in [1.29, 1.82) is 0 Å². The molecule has 0 aliphatic carbocycles. The van der Waals surface area contributed by atoms with E-state index in [-0.39, 0.29) is 47.0 Å². The Morgan fingerprint density at radius 1 is 0.484 bits per heavy atom. The number of carbonyl (C=O) groups excluding carboxylic acids is 3. The highest BCUT2D eigenvalue weighted by Crippen LogP contribution is 2.28. The van der Waals surface area contributed by atoms with Crippen LogP contribution in [0.4, 0.5) is 0 Å². The Kier molecular flexibility index (Phi) is 16.8. The molecule has 0 fully saturated rings. The standard InChI is InChI=1S/C10H20O.C9H18O.C8H16O.H2S/c1-7(2)8(3)9(11)10(4,5)6;1-8(2,3)7(10)9(4,5)6;1-6(2)7(9)8(3,4)5;/h7-8H,1-6H3;1-6H3;6H,1-5H3;1H2/t8-;;;/m0.../s1. The number of hydrogen-bond donors (Lipinski definition) is 0. The van der Waals surface area contributed by atoms with Crippen LogP contribution >= 0.6 is 13.5 Å². The van der Waals surface area contributed by atoms with Gasteiger partial charge in [0.05, 0.1) is 0 Å². The van der Waals surface area contributed by atoms with E-state index < -0.39 is 0 Å². The van der Waals surface area contributed by atoms with E-state index in [2.05, 4.69) is 13.8 Å². The Morgan fingerprint density at radius 3 is 0.774 bits per heavy atom. The lowest BCUT2D eigenvalue weighted by atomic mass is 9.76. The second-order valence-electron chi connectivity index (χ2n) is 13.2. The first kappa shape index (κ1) is 37.7. The molecule has 1 atom stereocenters. The van der Waals surface area contributed by atoms with E-state index in [1.54, 1.807) is 0 Å². The molecule has 0 aromatic heterocycles. The third kappa shape index (κ3) is 17.6. The Labute approximate surface area is 202 Å². The first-order chi connectivity index (χ1) is 12.8. The van der Waals surface area contributed by atoms with Gasteiger partial charge in [0.1, 0.15) is 17.3 Å². The molecule has 0 heterocycles. The minimum Gasteiger partial charge on any atom is -0.299 e. The lowest BCUT2D eigenvalue weighted by molar-refractivity contribution is -0.134. The molecule has 4 heteroatoms. The van der Waals surface area contributed by atoms with Crippen LogP contribution in [0.1, 0.15) is 118 Å². The monoisotopic (exact) mass is 460 g/mol. The first-order valence-corrected chi connectivity index (χ1v) is 11.4. The molecule has 31 heavy (non-hydrogen) atoms. The Hall–Kier alpha value is -0.640. The van der Waals surface area contributed by atoms with Gasteiger partial charge in [0.2, 0.25) is 0 Å². The predicted octanol–water partition coefficient (Wildman–Crippen LogP) is 7.91. The number of carbonyl (C=O) groups is 3. The fraction of sp³-hybridized carbons (Fsp3) is 0.889. The molecule has 0 amide bonds. The lowest BCUT2D eigenvalue weighted by Crippen LogP contribution is -2.32. The van der Waals surface area contributed by atoms with Crippen LogP contribution in [0, 0.1) is 39.4 Å². The molecule has 0 bridgehead atoms. The average molecular weight is 461 g/mol. The highest BCUT2D eigenvalue weighted by atomic mass is 32.1. The molecule has 188 valence electrons. The van der Waals surface area contributed by atoms with Gasteiger partial charge in [-0.3, -0.25) is 14.4 Å². The third-order valence-electron chi connectivity index (χ3n) is 4.78. The lowest BCUT2D eigenvalue weighted by Gasteiger charge is -2.26. The van der Waals surface area contributed by atoms with Crippen LogP contribution in [0.3, 0.4) is 0 Å². The van der Waals surface area contributed by atoms with Gasteiger partial charge in [-0.25, -0.2) is 0 Å². The zero-order valence-electron chi connectivity index (χ0n) is 24.0. The number of ketones is 3. The highest BCUT2D eigenvalue weighted by Gasteiger charge is 2.31. The minimum atomic E-state index is -0.196. The molecular formula is C27H56O3S. The highest BCUT2D eigenvalue weighted by molar-refractivity contribution is 7.59. The SMILES string of the molecule is CC(C)(C)C(=O)C(C)(C)C.CC(C)C(=O)C(C)(C)C.CC(C)[C@H](C)C(=O)C(C)(C)C.S. The van der Waals surface area contributed by atoms with E-state index in [0.29, 0.717) is 23.3 Å². The summed E-state index contributed by atoms with van der Waals surface area (Å²) in [5.74, 6) is 1.84. The van der Waals surface area contributed by atoms with E-state index in [0.717, 1.165) is 0 Å². The van der Waals surface area contributed by atoms with Crippen LogP contribution in [0.2, 0.25) is 0 Å². The van der Waals surface area contributed by atoms with Crippen molar-refractivity contribution in [1.82, 2.24) is 0 Å². The van der Waals surface area contributed by atoms with Crippen molar-refractivity contribution >= 4 is 30.8 Å². The van der Waals surface area contributed by atoms with Crippen molar-refractivity contribution in [2.75, 3.05) is 0 Å². The summed E-state index contributed by atoms with van der Waals surface area (Å²) in [5, 5.41) is 0. The number of rotatable bonds is 3. The largest absolute Gasteiger partial charge is 0.299 e. The molecular weight excluding hydrogens is 404 g/mol. The fourth-order valence-corrected chi connectivity index (χ4v) is 2.98. The zero-order chi connectivity index (χ0) is 25.5. The normalized spacial score (nSPS) is 13.3. The smallest absolute Gasteiger partial charge is 0.143 e.